The Kier molecular flexibility index (Phi) is 7.49. The first-order chi connectivity index (χ1) is 20.2. The maximum Gasteiger partial charge on any atom is 0.280 e. The number of carbonyl (C=O) groups excluding carboxylic acids is 1. The summed E-state index contributed by atoms with van der Waals surface area (Å²) in [4.78, 5) is 42.0. The molecule has 2 N–H and O–H groups in total. The van der Waals surface area contributed by atoms with Crippen molar-refractivity contribution in [2.75, 3.05) is 45.7 Å². The zero-order chi connectivity index (χ0) is 29.4. The summed E-state index contributed by atoms with van der Waals surface area (Å²) in [5, 5.41) is 3.27. The average molecular weight is 590 g/mol. The molecule has 0 saturated carbocycles. The van der Waals surface area contributed by atoms with E-state index < -0.39 is 21.4 Å². The van der Waals surface area contributed by atoms with Crippen LogP contribution >= 0.6 is 0 Å². The normalized spacial score (nSPS) is 16.0. The van der Waals surface area contributed by atoms with Gasteiger partial charge in [-0.1, -0.05) is 6.07 Å². The van der Waals surface area contributed by atoms with E-state index in [2.05, 4.69) is 37.8 Å². The van der Waals surface area contributed by atoms with Crippen molar-refractivity contribution >= 4 is 38.6 Å². The van der Waals surface area contributed by atoms with Crippen molar-refractivity contribution in [1.82, 2.24) is 29.2 Å². The fourth-order valence-electron chi connectivity index (χ4n) is 5.40. The van der Waals surface area contributed by atoms with Crippen molar-refractivity contribution < 1.29 is 18.0 Å². The number of hydrogen-bond acceptors (Lipinski definition) is 9. The molecule has 2 aliphatic rings. The number of aryl methyl sites for hydroxylation is 2. The molecule has 0 bridgehead atoms. The van der Waals surface area contributed by atoms with Gasteiger partial charge in [0, 0.05) is 49.9 Å². The minimum absolute atomic E-state index is 0.105. The lowest BCUT2D eigenvalue weighted by Gasteiger charge is -2.31. The lowest BCUT2D eigenvalue weighted by atomic mass is 10.1. The van der Waals surface area contributed by atoms with Gasteiger partial charge in [0.1, 0.15) is 5.56 Å². The van der Waals surface area contributed by atoms with E-state index in [9.17, 15) is 18.0 Å². The van der Waals surface area contributed by atoms with Gasteiger partial charge in [0.25, 0.3) is 5.91 Å². The van der Waals surface area contributed by atoms with Crippen LogP contribution in [0.3, 0.4) is 0 Å². The van der Waals surface area contributed by atoms with Crippen molar-refractivity contribution in [2.24, 2.45) is 0 Å². The molecule has 2 aromatic carbocycles. The van der Waals surface area contributed by atoms with Crippen LogP contribution in [0.25, 0.3) is 16.7 Å². The Labute approximate surface area is 243 Å². The molecule has 218 valence electrons. The van der Waals surface area contributed by atoms with Gasteiger partial charge in [-0.25, -0.2) is 18.9 Å². The second kappa shape index (κ2) is 11.2. The summed E-state index contributed by atoms with van der Waals surface area (Å²) in [6, 6.07) is 12.5. The first-order valence-corrected chi connectivity index (χ1v) is 15.1. The van der Waals surface area contributed by atoms with E-state index in [4.69, 9.17) is 4.84 Å². The Morgan fingerprint density at radius 2 is 1.74 bits per heavy atom. The zero-order valence-electron chi connectivity index (χ0n) is 23.3. The summed E-state index contributed by atoms with van der Waals surface area (Å²) >= 11 is 0. The Hall–Kier alpha value is -4.17. The number of fused-ring (bicyclic) bond motifs is 2. The number of sulfonamides is 1. The Balaban J connectivity index is 1.35. The molecule has 1 aliphatic heterocycles. The fraction of sp³-hybridized carbons (Fsp3) is 0.310. The summed E-state index contributed by atoms with van der Waals surface area (Å²) in [7, 11) is -0.324. The summed E-state index contributed by atoms with van der Waals surface area (Å²) in [6.07, 6.45) is 5.91. The van der Waals surface area contributed by atoms with Gasteiger partial charge in [0.2, 0.25) is 21.4 Å². The van der Waals surface area contributed by atoms with Gasteiger partial charge in [-0.05, 0) is 73.8 Å². The summed E-state index contributed by atoms with van der Waals surface area (Å²) in [5.41, 5.74) is 5.75. The van der Waals surface area contributed by atoms with E-state index in [0.717, 1.165) is 24.9 Å². The summed E-state index contributed by atoms with van der Waals surface area (Å²) in [5.74, 6) is -0.464. The van der Waals surface area contributed by atoms with Crippen LogP contribution in [0.15, 0.2) is 64.5 Å². The second-order valence-electron chi connectivity index (χ2n) is 10.5. The number of nitrogens with one attached hydrogen (secondary N) is 2. The number of benzene rings is 2. The van der Waals surface area contributed by atoms with Crippen LogP contribution < -0.4 is 16.2 Å². The molecule has 1 aliphatic carbocycles. The number of nitrogens with zero attached hydrogens (tertiary/aromatic N) is 5. The average Bonchev–Trinajstić information content (AvgIpc) is 3.46. The number of rotatable bonds is 7. The molecule has 12 nitrogen and oxygen atoms in total. The smallest absolute Gasteiger partial charge is 0.280 e. The predicted octanol–water partition coefficient (Wildman–Crippen LogP) is 2.24. The number of likely N-dealkylation sites (N-methyl/N-ethyl adjacent to an activating group) is 1. The second-order valence-corrected chi connectivity index (χ2v) is 12.4. The van der Waals surface area contributed by atoms with Crippen LogP contribution in [0, 0.1) is 0 Å². The van der Waals surface area contributed by atoms with Crippen molar-refractivity contribution in [2.45, 2.75) is 24.2 Å². The molecule has 0 atom stereocenters. The van der Waals surface area contributed by atoms with Gasteiger partial charge in [-0.3, -0.25) is 14.4 Å². The topological polar surface area (TPSA) is 139 Å². The van der Waals surface area contributed by atoms with Crippen molar-refractivity contribution in [3.8, 4) is 5.69 Å². The molecule has 42 heavy (non-hydrogen) atoms. The van der Waals surface area contributed by atoms with Crippen LogP contribution in [-0.2, 0) is 27.7 Å². The fourth-order valence-corrected chi connectivity index (χ4v) is 6.82. The number of hydrogen-bond donors (Lipinski definition) is 2. The molecule has 0 spiro atoms. The van der Waals surface area contributed by atoms with Gasteiger partial charge in [0.05, 0.1) is 17.4 Å². The lowest BCUT2D eigenvalue weighted by Crippen LogP contribution is -2.46. The third-order valence-corrected chi connectivity index (χ3v) is 9.67. The standard InChI is InChI=1S/C29H31N7O5S/c1-34-12-14-35(15-13-34)42(39,40)23-10-7-21(8-11-23)31-29-30-17-24-26(37)25(28(38)33-41-2)18-36(27(24)32-29)22-9-6-19-4-3-5-20(19)16-22/h6-11,16-18H,3-5,12-15H2,1-2H3,(H,33,38)(H,30,31,32). The van der Waals surface area contributed by atoms with Crippen LogP contribution in [0.1, 0.15) is 27.9 Å². The highest BCUT2D eigenvalue weighted by Gasteiger charge is 2.27. The van der Waals surface area contributed by atoms with Crippen LogP contribution in [0.5, 0.6) is 0 Å². The highest BCUT2D eigenvalue weighted by molar-refractivity contribution is 7.89. The number of carbonyl (C=O) groups is 1. The number of piperazine rings is 1. The van der Waals surface area contributed by atoms with E-state index in [0.29, 0.717) is 37.5 Å². The molecular formula is C29H31N7O5S. The summed E-state index contributed by atoms with van der Waals surface area (Å²) in [6.45, 7) is 2.27. The van der Waals surface area contributed by atoms with Crippen molar-refractivity contribution in [3.63, 3.8) is 0 Å². The highest BCUT2D eigenvalue weighted by atomic mass is 32.2. The van der Waals surface area contributed by atoms with Gasteiger partial charge in [-0.15, -0.1) is 0 Å². The molecular weight excluding hydrogens is 558 g/mol. The Bertz CT molecular complexity index is 1830. The Morgan fingerprint density at radius 1 is 1.00 bits per heavy atom. The summed E-state index contributed by atoms with van der Waals surface area (Å²) < 4.78 is 29.4. The molecule has 1 saturated heterocycles. The van der Waals surface area contributed by atoms with Gasteiger partial charge < -0.3 is 14.8 Å². The minimum atomic E-state index is -3.60. The van der Waals surface area contributed by atoms with E-state index in [-0.39, 0.29) is 21.8 Å². The molecule has 2 aromatic heterocycles. The zero-order valence-corrected chi connectivity index (χ0v) is 24.1. The largest absolute Gasteiger partial charge is 0.324 e. The first-order valence-electron chi connectivity index (χ1n) is 13.7. The monoisotopic (exact) mass is 589 g/mol. The first kappa shape index (κ1) is 28.0. The SMILES string of the molecule is CONC(=O)c1cn(-c2ccc3c(c2)CCC3)c2nc(Nc3ccc(S(=O)(=O)N4CCN(C)CC4)cc3)ncc2c1=O. The van der Waals surface area contributed by atoms with Gasteiger partial charge in [0.15, 0.2) is 5.65 Å². The van der Waals surface area contributed by atoms with Gasteiger partial charge in [-0.2, -0.15) is 9.29 Å². The molecule has 4 aromatic rings. The van der Waals surface area contributed by atoms with Crippen molar-refractivity contribution in [1.29, 1.82) is 0 Å². The lowest BCUT2D eigenvalue weighted by molar-refractivity contribution is 0.0536. The maximum atomic E-state index is 13.3. The number of anilines is 2. The Morgan fingerprint density at radius 3 is 2.48 bits per heavy atom. The maximum absolute atomic E-state index is 13.3. The van der Waals surface area contributed by atoms with E-state index in [1.54, 1.807) is 28.8 Å². The van der Waals surface area contributed by atoms with Crippen LogP contribution in [0.4, 0.5) is 11.6 Å². The third kappa shape index (κ3) is 5.27. The number of amides is 1. The third-order valence-electron chi connectivity index (χ3n) is 7.75. The number of pyridine rings is 1. The van der Waals surface area contributed by atoms with Crippen molar-refractivity contribution in [3.05, 3.63) is 81.8 Å². The van der Waals surface area contributed by atoms with Crippen LogP contribution in [-0.4, -0.2) is 78.4 Å². The predicted molar refractivity (Wildman–Crippen MR) is 158 cm³/mol. The molecule has 1 fully saturated rings. The molecule has 1 amide bonds. The van der Waals surface area contributed by atoms with E-state index >= 15 is 0 Å². The molecule has 0 radical (unpaired) electrons. The molecule has 0 unspecified atom stereocenters. The van der Waals surface area contributed by atoms with Crippen LogP contribution in [0.2, 0.25) is 0 Å². The quantitative estimate of drug-likeness (QED) is 0.311. The number of aromatic nitrogens is 3. The molecule has 6 rings (SSSR count). The highest BCUT2D eigenvalue weighted by Crippen LogP contribution is 2.27. The minimum Gasteiger partial charge on any atom is -0.324 e. The van der Waals surface area contributed by atoms with E-state index in [1.165, 1.54) is 34.9 Å². The molecule has 3 heterocycles. The molecule has 13 heteroatoms. The van der Waals surface area contributed by atoms with Gasteiger partial charge >= 0.3 is 0 Å². The van der Waals surface area contributed by atoms with E-state index in [1.807, 2.05) is 13.1 Å². The number of hydroxylamine groups is 1.